The number of carbonyl (C=O) groups excluding carboxylic acids is 3. The van der Waals surface area contributed by atoms with Crippen LogP contribution in [-0.2, 0) is 138 Å². The molecule has 0 unspecified atom stereocenters. The number of aromatic nitrogens is 1. The molecule has 0 amide bonds. The van der Waals surface area contributed by atoms with Gasteiger partial charge in [-0.05, 0) is 262 Å². The molecule has 3 aliphatic carbocycles. The van der Waals surface area contributed by atoms with Crippen LogP contribution in [0.5, 0.6) is 11.5 Å². The Hall–Kier alpha value is -10.4. The highest BCUT2D eigenvalue weighted by Crippen LogP contribution is 2.40. The van der Waals surface area contributed by atoms with Crippen molar-refractivity contribution in [1.29, 1.82) is 0 Å². The molecule has 24 heteroatoms. The Bertz CT molecular complexity index is 6660. The van der Waals surface area contributed by atoms with E-state index in [1.807, 2.05) is 78.4 Å². The molecule has 9 aliphatic rings. The van der Waals surface area contributed by atoms with Gasteiger partial charge >= 0.3 is 5.97 Å². The third-order valence-electron chi connectivity index (χ3n) is 27.0. The lowest BCUT2D eigenvalue weighted by molar-refractivity contribution is -0.137. The van der Waals surface area contributed by atoms with Crippen LogP contribution < -0.4 is 13.8 Å². The molecule has 19 rings (SSSR count). The Balaban J connectivity index is 0.000000151. The highest BCUT2D eigenvalue weighted by Gasteiger charge is 2.36. The van der Waals surface area contributed by atoms with E-state index < -0.39 is 45.7 Å². The number of carboxylic acids is 1. The summed E-state index contributed by atoms with van der Waals surface area (Å²) in [6.45, 7) is 44.9. The lowest BCUT2D eigenvalue weighted by Crippen LogP contribution is -2.34. The summed E-state index contributed by atoms with van der Waals surface area (Å²) < 4.78 is 114. The largest absolute Gasteiger partial charge is 0.486 e. The monoisotopic (exact) mass is 1980 g/mol. The van der Waals surface area contributed by atoms with E-state index in [1.54, 1.807) is 10.4 Å². The number of anilines is 1. The minimum atomic E-state index is -3.20. The predicted molar refractivity (Wildman–Crippen MR) is 567 cm³/mol. The van der Waals surface area contributed by atoms with Crippen LogP contribution in [0.2, 0.25) is 0 Å². The Labute approximate surface area is 833 Å². The average molecular weight is 1980 g/mol. The molecule has 20 nitrogen and oxygen atoms in total. The number of ketones is 3. The quantitative estimate of drug-likeness (QED) is 0.0856. The van der Waals surface area contributed by atoms with Gasteiger partial charge in [0.2, 0.25) is 20.0 Å². The van der Waals surface area contributed by atoms with Crippen molar-refractivity contribution in [2.45, 2.75) is 285 Å². The summed E-state index contributed by atoms with van der Waals surface area (Å²) in [5.74, 6) is 6.97. The first kappa shape index (κ1) is 110. The number of fused-ring (bicyclic) bond motifs is 9. The van der Waals surface area contributed by atoms with E-state index in [9.17, 15) is 52.8 Å². The molecular formula is C116H147N3O17S4. The van der Waals surface area contributed by atoms with Crippen LogP contribution in [0.25, 0.3) is 22.0 Å². The van der Waals surface area contributed by atoms with Gasteiger partial charge in [-0.1, -0.05) is 264 Å². The van der Waals surface area contributed by atoms with E-state index in [0.717, 1.165) is 106 Å². The number of hydrogen-bond donors (Lipinski definition) is 2. The number of Topliss-reactive ketones (excluding diaryl/α,β-unsaturated/α-hetero) is 2. The van der Waals surface area contributed by atoms with Gasteiger partial charge in [0, 0.05) is 94.5 Å². The minimum absolute atomic E-state index is 0.0979. The molecule has 1 fully saturated rings. The lowest BCUT2D eigenvalue weighted by atomic mass is 9.88. The van der Waals surface area contributed by atoms with Crippen LogP contribution in [-0.4, -0.2) is 121 Å². The molecule has 752 valence electrons. The van der Waals surface area contributed by atoms with E-state index in [-0.39, 0.29) is 60.2 Å². The number of aliphatic hydroxyl groups excluding tert-OH is 1. The van der Waals surface area contributed by atoms with E-state index in [4.69, 9.17) is 24.4 Å². The Morgan fingerprint density at radius 1 is 0.450 bits per heavy atom. The van der Waals surface area contributed by atoms with Gasteiger partial charge < -0.3 is 29.0 Å². The van der Waals surface area contributed by atoms with Crippen molar-refractivity contribution in [3.8, 4) is 11.5 Å². The van der Waals surface area contributed by atoms with Crippen LogP contribution in [0.1, 0.15) is 333 Å². The first-order valence-electron chi connectivity index (χ1n) is 49.6. The van der Waals surface area contributed by atoms with Crippen molar-refractivity contribution < 1.29 is 77.3 Å². The fourth-order valence-electron chi connectivity index (χ4n) is 18.1. The zero-order valence-electron chi connectivity index (χ0n) is 85.7. The minimum Gasteiger partial charge on any atom is -0.486 e. The third kappa shape index (κ3) is 30.3. The first-order chi connectivity index (χ1) is 66.0. The first-order valence-corrected chi connectivity index (χ1v) is 56.7. The SMILES string of the molecule is CC(C)c1ccc2c(c1)C(CCO)=CC2.CC(C)c1ccc2c(c1)CC(=O)C2.CC(C)c1ccc2c(c1)CN(S(C)(=O)=O)C2.CC(C)c1ccc2c(c1)CS(=O)(=O)C2.CC(C)c1ccc2c(c1)CS(=O)(=O)N2CC1CCOCC1.CC(C)c1ccc2c(c1)OCC(=O)C2.CC(C)c1ccc2c(c1)OCS(=O)(=O)C2.CC(C)c1ccc2c(ccn2CCC(=O)O)c1.CC1=CC(=O)Cc2ccc(C(C)C)cc21. The van der Waals surface area contributed by atoms with Crippen molar-refractivity contribution in [3.05, 3.63) is 311 Å². The van der Waals surface area contributed by atoms with E-state index >= 15 is 0 Å². The summed E-state index contributed by atoms with van der Waals surface area (Å²) in [5, 5.41) is 18.9. The van der Waals surface area contributed by atoms with Crippen molar-refractivity contribution in [2.75, 3.05) is 49.5 Å². The number of sulfone groups is 2. The van der Waals surface area contributed by atoms with Crippen molar-refractivity contribution in [1.82, 2.24) is 8.87 Å². The normalized spacial score (nSPS) is 16.4. The topological polar surface area (TPSA) is 284 Å². The van der Waals surface area contributed by atoms with Crippen LogP contribution in [0.15, 0.2) is 188 Å². The molecule has 1 aromatic heterocycles. The Kier molecular flexibility index (Phi) is 38.1. The summed E-state index contributed by atoms with van der Waals surface area (Å²) >= 11 is 0. The van der Waals surface area contributed by atoms with Crippen molar-refractivity contribution in [2.24, 2.45) is 5.92 Å². The van der Waals surface area contributed by atoms with Gasteiger partial charge in [-0.2, -0.15) is 4.31 Å². The van der Waals surface area contributed by atoms with Crippen LogP contribution in [0, 0.1) is 5.92 Å². The molecule has 0 bridgehead atoms. The molecular weight excluding hydrogens is 1840 g/mol. The number of carboxylic acid groups (broad SMARTS) is 1. The molecule has 2 N–H and O–H groups in total. The molecule has 0 spiro atoms. The number of ether oxygens (including phenoxy) is 3. The number of nitrogens with zero attached hydrogens (tertiary/aromatic N) is 3. The van der Waals surface area contributed by atoms with E-state index in [1.165, 1.54) is 105 Å². The number of sulfonamides is 2. The van der Waals surface area contributed by atoms with Gasteiger partial charge in [0.15, 0.2) is 37.2 Å². The highest BCUT2D eigenvalue weighted by molar-refractivity contribution is 7.92. The summed E-state index contributed by atoms with van der Waals surface area (Å²) in [6.07, 6.45) is 13.5. The molecule has 0 saturated carbocycles. The molecule has 1 saturated heterocycles. The standard InChI is InChI=1S/C16H23NO3S.C14H17NO2.C14H16O.C14H18O.C12H17NO2S.C12H14O2.C12H14O.C11H14O3S.C11H14O2S/c1-12(2)14-3-4-16-15(9-14)11-21(18,19)17(16)10-13-5-7-20-8-6-13;1-10(2)11-3-4-13-12(9-11)5-7-15(13)8-6-14(16)17;1-9(2)11-4-5-12-7-13(15)6-10(3)14(12)8-11;1-10(2)13-6-5-11-3-4-12(7-8-15)14(11)9-13;1-9(2)10-4-5-11-7-13(16(3,14)15)8-12(11)6-10;1-8(2)9-3-4-10-5-11(13)7-14-12(10)6-9;1-8(2)9-3-4-10-6-12(13)7-11(10)5-9;1-8(2)9-3-4-10-6-15(12,13)7-14-11(10)5-9;1-8(2)9-3-4-10-6-14(12,13)7-11(10)5-9/h3-4,9,12-13H,5-8,10-11H2,1-2H3;3-5,7,9-10H,6,8H2,1-2H3,(H,16,17);4-6,8-9H,7H2,1-3H3;4-6,9-10,15H,3,7-8H2,1-2H3;4-6,9H,7-8H2,1-3H3;3-4,6,8H,5,7H2,1-2H3;3-5,8H,6-7H2,1-2H3;3-5,8H,6-7H2,1-2H3;3-5,8H,6-7H2,1-2H3. The van der Waals surface area contributed by atoms with Crippen molar-refractivity contribution in [3.63, 3.8) is 0 Å². The summed E-state index contributed by atoms with van der Waals surface area (Å²) in [5.41, 5.74) is 30.6. The Morgan fingerprint density at radius 2 is 0.900 bits per heavy atom. The van der Waals surface area contributed by atoms with Crippen LogP contribution in [0.3, 0.4) is 0 Å². The highest BCUT2D eigenvalue weighted by atomic mass is 32.2. The van der Waals surface area contributed by atoms with Gasteiger partial charge in [-0.25, -0.2) is 33.7 Å². The number of aliphatic hydroxyl groups is 1. The summed E-state index contributed by atoms with van der Waals surface area (Å²) in [7, 11) is -12.2. The number of rotatable bonds is 17. The van der Waals surface area contributed by atoms with Gasteiger partial charge in [0.05, 0.1) is 41.4 Å². The second-order valence-corrected chi connectivity index (χ2v) is 49.2. The lowest BCUT2D eigenvalue weighted by Gasteiger charge is -2.27. The van der Waals surface area contributed by atoms with Gasteiger partial charge in [0.25, 0.3) is 0 Å². The maximum absolute atomic E-state index is 12.5. The number of benzene rings is 9. The average Bonchev–Trinajstić information content (AvgIpc) is 1.61. The molecule has 0 atom stereocenters. The number of carbonyl (C=O) groups is 4. The summed E-state index contributed by atoms with van der Waals surface area (Å²) in [6, 6.07) is 58.3. The number of allylic oxidation sites excluding steroid dienone is 3. The van der Waals surface area contributed by atoms with Crippen molar-refractivity contribution >= 4 is 90.8 Å². The molecule has 0 radical (unpaired) electrons. The predicted octanol–water partition coefficient (Wildman–Crippen LogP) is 23.8. The number of hydrogen-bond acceptors (Lipinski definition) is 16. The maximum Gasteiger partial charge on any atom is 0.305 e. The van der Waals surface area contributed by atoms with Crippen LogP contribution >= 0.6 is 0 Å². The fraction of sp³-hybridized carbons (Fsp3) is 0.448. The smallest absolute Gasteiger partial charge is 0.305 e. The van der Waals surface area contributed by atoms with Gasteiger partial charge in [0.1, 0.15) is 23.9 Å². The molecule has 9 aromatic carbocycles. The number of aryl methyl sites for hydroxylation is 1. The van der Waals surface area contributed by atoms with Gasteiger partial charge in [-0.15, -0.1) is 0 Å². The van der Waals surface area contributed by atoms with E-state index in [0.29, 0.717) is 117 Å². The van der Waals surface area contributed by atoms with E-state index in [2.05, 4.69) is 240 Å². The second-order valence-electron chi connectivity index (χ2n) is 41.2. The number of aliphatic carboxylic acids is 1. The molecule has 140 heavy (non-hydrogen) atoms. The third-order valence-corrected chi connectivity index (χ3v) is 32.6. The summed E-state index contributed by atoms with van der Waals surface area (Å²) in [4.78, 5) is 44.2. The van der Waals surface area contributed by atoms with Crippen LogP contribution in [0.4, 0.5) is 5.69 Å². The molecule has 7 heterocycles. The fourth-order valence-corrected chi connectivity index (χ4v) is 23.3. The maximum atomic E-state index is 12.5. The zero-order chi connectivity index (χ0) is 102. The zero-order valence-corrected chi connectivity index (χ0v) is 89.0. The van der Waals surface area contributed by atoms with Gasteiger partial charge in [-0.3, -0.25) is 23.5 Å². The molecule has 6 aliphatic heterocycles. The Morgan fingerprint density at radius 3 is 1.47 bits per heavy atom. The second kappa shape index (κ2) is 48.6. The molecule has 10 aromatic rings.